The van der Waals surface area contributed by atoms with Crippen LogP contribution in [0.1, 0.15) is 16.1 Å². The normalized spacial score (nSPS) is 10.8. The number of methoxy groups -OCH3 is 1. The molecule has 0 spiro atoms. The average Bonchev–Trinajstić information content (AvgIpc) is 2.85. The third kappa shape index (κ3) is 4.72. The number of rotatable bonds is 7. The summed E-state index contributed by atoms with van der Waals surface area (Å²) in [6.07, 6.45) is 0. The number of halogens is 1. The molecule has 8 heteroatoms. The number of carboxylic acids is 1. The summed E-state index contributed by atoms with van der Waals surface area (Å²) >= 11 is 3.43. The second-order valence-electron chi connectivity index (χ2n) is 7.48. The van der Waals surface area contributed by atoms with Crippen molar-refractivity contribution in [1.82, 2.24) is 4.57 Å². The number of esters is 1. The van der Waals surface area contributed by atoms with Crippen molar-refractivity contribution in [2.75, 3.05) is 13.7 Å². The summed E-state index contributed by atoms with van der Waals surface area (Å²) in [5.74, 6) is -1.25. The van der Waals surface area contributed by atoms with Crippen LogP contribution in [0.25, 0.3) is 21.9 Å². The summed E-state index contributed by atoms with van der Waals surface area (Å²) in [6, 6.07) is 21.1. The van der Waals surface area contributed by atoms with Gasteiger partial charge < -0.3 is 14.6 Å². The highest BCUT2D eigenvalue weighted by molar-refractivity contribution is 9.10. The fourth-order valence-corrected chi connectivity index (χ4v) is 4.13. The molecular formula is C26H20BrNO6. The van der Waals surface area contributed by atoms with E-state index >= 15 is 0 Å². The maximum absolute atomic E-state index is 13.4. The molecule has 0 aliphatic rings. The van der Waals surface area contributed by atoms with Gasteiger partial charge in [0.15, 0.2) is 6.61 Å². The SMILES string of the molecule is COC(=O)COc1ccc(Cn2c(C(=O)O)c(-c3ccccc3)c3cc(Br)ccc3c2=O)cc1. The maximum Gasteiger partial charge on any atom is 0.353 e. The van der Waals surface area contributed by atoms with Gasteiger partial charge in [-0.25, -0.2) is 9.59 Å². The highest BCUT2D eigenvalue weighted by Gasteiger charge is 2.23. The van der Waals surface area contributed by atoms with Gasteiger partial charge in [-0.2, -0.15) is 0 Å². The first-order valence-electron chi connectivity index (χ1n) is 10.3. The number of fused-ring (bicyclic) bond motifs is 1. The van der Waals surface area contributed by atoms with Crippen molar-refractivity contribution < 1.29 is 24.2 Å². The minimum Gasteiger partial charge on any atom is -0.482 e. The first-order chi connectivity index (χ1) is 16.4. The lowest BCUT2D eigenvalue weighted by molar-refractivity contribution is -0.142. The van der Waals surface area contributed by atoms with Crippen molar-refractivity contribution in [3.63, 3.8) is 0 Å². The molecule has 0 aliphatic carbocycles. The molecule has 0 saturated heterocycles. The average molecular weight is 522 g/mol. The summed E-state index contributed by atoms with van der Waals surface area (Å²) in [5.41, 5.74) is 1.38. The molecule has 0 fully saturated rings. The number of hydrogen-bond donors (Lipinski definition) is 1. The number of pyridine rings is 1. The number of ether oxygens (including phenoxy) is 2. The Morgan fingerprint density at radius 3 is 2.32 bits per heavy atom. The van der Waals surface area contributed by atoms with Gasteiger partial charge in [-0.3, -0.25) is 9.36 Å². The van der Waals surface area contributed by atoms with Crippen LogP contribution >= 0.6 is 15.9 Å². The van der Waals surface area contributed by atoms with Gasteiger partial charge in [0, 0.05) is 15.4 Å². The van der Waals surface area contributed by atoms with Crippen LogP contribution in [0.15, 0.2) is 82.1 Å². The fraction of sp³-hybridized carbons (Fsp3) is 0.115. The van der Waals surface area contributed by atoms with Crippen LogP contribution < -0.4 is 10.3 Å². The molecule has 7 nitrogen and oxygen atoms in total. The molecule has 3 aromatic carbocycles. The smallest absolute Gasteiger partial charge is 0.353 e. The zero-order valence-corrected chi connectivity index (χ0v) is 19.7. The van der Waals surface area contributed by atoms with Gasteiger partial charge >= 0.3 is 11.9 Å². The Bertz CT molecular complexity index is 1430. The third-order valence-electron chi connectivity index (χ3n) is 5.35. The van der Waals surface area contributed by atoms with Gasteiger partial charge in [-0.05, 0) is 46.8 Å². The molecular weight excluding hydrogens is 502 g/mol. The van der Waals surface area contributed by atoms with E-state index in [0.29, 0.717) is 33.2 Å². The highest BCUT2D eigenvalue weighted by Crippen LogP contribution is 2.33. The molecule has 0 amide bonds. The minimum absolute atomic E-state index is 0.0452. The molecule has 1 aromatic heterocycles. The Kier molecular flexibility index (Phi) is 6.79. The molecule has 4 rings (SSSR count). The van der Waals surface area contributed by atoms with Crippen molar-refractivity contribution in [3.05, 3.63) is 98.9 Å². The number of carbonyl (C=O) groups is 2. The molecule has 1 heterocycles. The second kappa shape index (κ2) is 9.93. The molecule has 0 bridgehead atoms. The monoisotopic (exact) mass is 521 g/mol. The number of carbonyl (C=O) groups excluding carboxylic acids is 1. The van der Waals surface area contributed by atoms with E-state index in [0.717, 1.165) is 4.47 Å². The number of hydrogen-bond acceptors (Lipinski definition) is 5. The molecule has 1 N–H and O–H groups in total. The van der Waals surface area contributed by atoms with Crippen LogP contribution in [0.5, 0.6) is 5.75 Å². The summed E-state index contributed by atoms with van der Waals surface area (Å²) < 4.78 is 11.9. The van der Waals surface area contributed by atoms with Crippen molar-refractivity contribution in [2.45, 2.75) is 6.54 Å². The van der Waals surface area contributed by atoms with Gasteiger partial charge in [0.1, 0.15) is 11.4 Å². The molecule has 172 valence electrons. The maximum atomic E-state index is 13.4. The zero-order valence-electron chi connectivity index (χ0n) is 18.2. The van der Waals surface area contributed by atoms with E-state index in [1.807, 2.05) is 30.3 Å². The van der Waals surface area contributed by atoms with Crippen molar-refractivity contribution in [1.29, 1.82) is 0 Å². The number of nitrogens with zero attached hydrogens (tertiary/aromatic N) is 1. The number of carboxylic acid groups (broad SMARTS) is 1. The van der Waals surface area contributed by atoms with Gasteiger partial charge in [0.25, 0.3) is 5.56 Å². The van der Waals surface area contributed by atoms with Crippen LogP contribution in [0.3, 0.4) is 0 Å². The van der Waals surface area contributed by atoms with Gasteiger partial charge in [0.05, 0.1) is 13.7 Å². The largest absolute Gasteiger partial charge is 0.482 e. The molecule has 0 saturated carbocycles. The zero-order chi connectivity index (χ0) is 24.2. The summed E-state index contributed by atoms with van der Waals surface area (Å²) in [4.78, 5) is 37.2. The quantitative estimate of drug-likeness (QED) is 0.353. The van der Waals surface area contributed by atoms with E-state index < -0.39 is 17.5 Å². The van der Waals surface area contributed by atoms with E-state index in [4.69, 9.17) is 4.74 Å². The predicted molar refractivity (Wildman–Crippen MR) is 131 cm³/mol. The Morgan fingerprint density at radius 1 is 0.971 bits per heavy atom. The summed E-state index contributed by atoms with van der Waals surface area (Å²) in [5, 5.41) is 11.2. The first kappa shape index (κ1) is 23.3. The first-order valence-corrected chi connectivity index (χ1v) is 11.1. The number of benzene rings is 3. The van der Waals surface area contributed by atoms with E-state index in [1.165, 1.54) is 11.7 Å². The number of aromatic carboxylic acids is 1. The van der Waals surface area contributed by atoms with Crippen LogP contribution in [0, 0.1) is 0 Å². The lowest BCUT2D eigenvalue weighted by atomic mass is 9.96. The standard InChI is InChI=1S/C26H20BrNO6/c1-33-22(29)15-34-19-10-7-16(8-11-19)14-28-24(26(31)32)23(17-5-3-2-4-6-17)21-13-18(27)9-12-20(21)25(28)30/h2-13H,14-15H2,1H3,(H,31,32). The van der Waals surface area contributed by atoms with Gasteiger partial charge in [-0.1, -0.05) is 58.4 Å². The van der Waals surface area contributed by atoms with Crippen molar-refractivity contribution in [3.8, 4) is 16.9 Å². The molecule has 0 radical (unpaired) electrons. The van der Waals surface area contributed by atoms with E-state index in [9.17, 15) is 19.5 Å². The molecule has 0 aliphatic heterocycles. The summed E-state index contributed by atoms with van der Waals surface area (Å²) in [6.45, 7) is -0.178. The lowest BCUT2D eigenvalue weighted by Crippen LogP contribution is -2.28. The van der Waals surface area contributed by atoms with Crippen LogP contribution in [0.2, 0.25) is 0 Å². The van der Waals surface area contributed by atoms with Crippen LogP contribution in [0.4, 0.5) is 0 Å². The lowest BCUT2D eigenvalue weighted by Gasteiger charge is -2.18. The molecule has 0 atom stereocenters. The topological polar surface area (TPSA) is 94.8 Å². The summed E-state index contributed by atoms with van der Waals surface area (Å²) in [7, 11) is 1.28. The Balaban J connectivity index is 1.85. The molecule has 4 aromatic rings. The van der Waals surface area contributed by atoms with E-state index in [2.05, 4.69) is 20.7 Å². The van der Waals surface area contributed by atoms with Gasteiger partial charge in [-0.15, -0.1) is 0 Å². The highest BCUT2D eigenvalue weighted by atomic mass is 79.9. The van der Waals surface area contributed by atoms with E-state index in [-0.39, 0.29) is 18.8 Å². The van der Waals surface area contributed by atoms with Gasteiger partial charge in [0.2, 0.25) is 0 Å². The Morgan fingerprint density at radius 2 is 1.68 bits per heavy atom. The van der Waals surface area contributed by atoms with Crippen LogP contribution in [-0.2, 0) is 16.1 Å². The van der Waals surface area contributed by atoms with Crippen molar-refractivity contribution in [2.24, 2.45) is 0 Å². The van der Waals surface area contributed by atoms with Crippen molar-refractivity contribution >= 4 is 38.6 Å². The van der Waals surface area contributed by atoms with Crippen LogP contribution in [-0.4, -0.2) is 35.3 Å². The molecule has 34 heavy (non-hydrogen) atoms. The Hall–Kier alpha value is -3.91. The fourth-order valence-electron chi connectivity index (χ4n) is 3.76. The van der Waals surface area contributed by atoms with E-state index in [1.54, 1.807) is 42.5 Å². The minimum atomic E-state index is -1.20. The second-order valence-corrected chi connectivity index (χ2v) is 8.40. The number of aromatic nitrogens is 1. The Labute approximate surface area is 203 Å². The molecule has 0 unspecified atom stereocenters. The third-order valence-corrected chi connectivity index (χ3v) is 5.84. The predicted octanol–water partition coefficient (Wildman–Crippen LogP) is 4.73.